The van der Waals surface area contributed by atoms with Crippen molar-refractivity contribution in [3.05, 3.63) is 23.8 Å². The van der Waals surface area contributed by atoms with Crippen LogP contribution in [0.2, 0.25) is 0 Å². The van der Waals surface area contributed by atoms with Gasteiger partial charge in [0.05, 0.1) is 0 Å². The summed E-state index contributed by atoms with van der Waals surface area (Å²) in [6, 6.07) is 6.61. The van der Waals surface area contributed by atoms with Gasteiger partial charge >= 0.3 is 0 Å². The molecule has 1 heterocycles. The molecule has 18 heavy (non-hydrogen) atoms. The zero-order chi connectivity index (χ0) is 12.5. The summed E-state index contributed by atoms with van der Waals surface area (Å²) in [5.41, 5.74) is 1.27. The highest BCUT2D eigenvalue weighted by Gasteiger charge is 2.32. The van der Waals surface area contributed by atoms with Crippen molar-refractivity contribution in [3.63, 3.8) is 0 Å². The van der Waals surface area contributed by atoms with E-state index in [9.17, 15) is 0 Å². The predicted molar refractivity (Wildman–Crippen MR) is 71.1 cm³/mol. The summed E-state index contributed by atoms with van der Waals surface area (Å²) in [5.74, 6) is 3.54. The Morgan fingerprint density at radius 3 is 2.72 bits per heavy atom. The van der Waals surface area contributed by atoms with E-state index in [4.69, 9.17) is 9.47 Å². The van der Waals surface area contributed by atoms with E-state index in [2.05, 4.69) is 31.3 Å². The minimum atomic E-state index is 0.369. The first-order valence-electron chi connectivity index (χ1n) is 6.87. The van der Waals surface area contributed by atoms with Crippen LogP contribution in [0.5, 0.6) is 11.5 Å². The Kier molecular flexibility index (Phi) is 3.16. The SMILES string of the molecule is CC(NCC1CC1C)c1ccc2c(c1)OCCO2. The van der Waals surface area contributed by atoms with Crippen LogP contribution in [-0.2, 0) is 0 Å². The largest absolute Gasteiger partial charge is 0.486 e. The van der Waals surface area contributed by atoms with Crippen LogP contribution in [0.1, 0.15) is 31.9 Å². The smallest absolute Gasteiger partial charge is 0.161 e. The maximum atomic E-state index is 5.62. The normalized spacial score (nSPS) is 26.8. The maximum absolute atomic E-state index is 5.62. The highest BCUT2D eigenvalue weighted by Crippen LogP contribution is 2.37. The van der Waals surface area contributed by atoms with Gasteiger partial charge in [-0.05, 0) is 49.4 Å². The molecule has 2 aliphatic rings. The second-order valence-corrected chi connectivity index (χ2v) is 5.51. The van der Waals surface area contributed by atoms with Crippen LogP contribution in [0.15, 0.2) is 18.2 Å². The number of hydrogen-bond acceptors (Lipinski definition) is 3. The van der Waals surface area contributed by atoms with Crippen molar-refractivity contribution in [2.24, 2.45) is 11.8 Å². The first-order chi connectivity index (χ1) is 8.74. The van der Waals surface area contributed by atoms with Crippen LogP contribution >= 0.6 is 0 Å². The van der Waals surface area contributed by atoms with Crippen molar-refractivity contribution >= 4 is 0 Å². The van der Waals surface area contributed by atoms with Crippen LogP contribution in [0, 0.1) is 11.8 Å². The molecule has 0 bridgehead atoms. The zero-order valence-electron chi connectivity index (χ0n) is 11.1. The summed E-state index contributed by atoms with van der Waals surface area (Å²) in [7, 11) is 0. The molecular weight excluding hydrogens is 226 g/mol. The molecule has 98 valence electrons. The molecule has 1 aromatic carbocycles. The molecule has 3 atom stereocenters. The molecule has 0 aromatic heterocycles. The molecule has 0 saturated heterocycles. The average molecular weight is 247 g/mol. The Morgan fingerprint density at radius 1 is 1.28 bits per heavy atom. The van der Waals surface area contributed by atoms with Gasteiger partial charge in [-0.1, -0.05) is 13.0 Å². The van der Waals surface area contributed by atoms with Gasteiger partial charge in [0.2, 0.25) is 0 Å². The van der Waals surface area contributed by atoms with E-state index < -0.39 is 0 Å². The highest BCUT2D eigenvalue weighted by molar-refractivity contribution is 5.44. The van der Waals surface area contributed by atoms with Crippen LogP contribution in [0.25, 0.3) is 0 Å². The average Bonchev–Trinajstić information content (AvgIpc) is 3.11. The molecule has 3 rings (SSSR count). The topological polar surface area (TPSA) is 30.5 Å². The summed E-state index contributed by atoms with van der Waals surface area (Å²) in [4.78, 5) is 0. The molecule has 0 spiro atoms. The van der Waals surface area contributed by atoms with E-state index in [0.717, 1.165) is 29.9 Å². The van der Waals surface area contributed by atoms with E-state index in [-0.39, 0.29) is 0 Å². The first-order valence-corrected chi connectivity index (χ1v) is 6.87. The highest BCUT2D eigenvalue weighted by atomic mass is 16.6. The third-order valence-electron chi connectivity index (χ3n) is 4.03. The number of benzene rings is 1. The monoisotopic (exact) mass is 247 g/mol. The third-order valence-corrected chi connectivity index (χ3v) is 4.03. The minimum absolute atomic E-state index is 0.369. The van der Waals surface area contributed by atoms with Crippen LogP contribution in [-0.4, -0.2) is 19.8 Å². The Balaban J connectivity index is 1.63. The van der Waals surface area contributed by atoms with Gasteiger partial charge in [-0.15, -0.1) is 0 Å². The van der Waals surface area contributed by atoms with Crippen molar-refractivity contribution < 1.29 is 9.47 Å². The fourth-order valence-corrected chi connectivity index (χ4v) is 2.46. The lowest BCUT2D eigenvalue weighted by Crippen LogP contribution is -2.22. The fourth-order valence-electron chi connectivity index (χ4n) is 2.46. The summed E-state index contributed by atoms with van der Waals surface area (Å²) in [6.45, 7) is 6.95. The summed E-state index contributed by atoms with van der Waals surface area (Å²) in [6.07, 6.45) is 1.38. The van der Waals surface area contributed by atoms with Gasteiger partial charge in [0, 0.05) is 6.04 Å². The molecule has 1 fully saturated rings. The summed E-state index contributed by atoms with van der Waals surface area (Å²) in [5, 5.41) is 3.60. The molecule has 1 saturated carbocycles. The zero-order valence-corrected chi connectivity index (χ0v) is 11.1. The minimum Gasteiger partial charge on any atom is -0.486 e. The van der Waals surface area contributed by atoms with E-state index in [1.165, 1.54) is 12.0 Å². The van der Waals surface area contributed by atoms with E-state index in [1.54, 1.807) is 0 Å². The van der Waals surface area contributed by atoms with Crippen molar-refractivity contribution in [1.29, 1.82) is 0 Å². The quantitative estimate of drug-likeness (QED) is 0.887. The molecule has 0 radical (unpaired) electrons. The van der Waals surface area contributed by atoms with Crippen LogP contribution < -0.4 is 14.8 Å². The second-order valence-electron chi connectivity index (χ2n) is 5.51. The van der Waals surface area contributed by atoms with Gasteiger partial charge in [-0.3, -0.25) is 0 Å². The number of ether oxygens (including phenoxy) is 2. The number of rotatable bonds is 4. The Labute approximate surface area is 108 Å². The van der Waals surface area contributed by atoms with Crippen molar-refractivity contribution in [3.8, 4) is 11.5 Å². The fraction of sp³-hybridized carbons (Fsp3) is 0.600. The first kappa shape index (κ1) is 11.8. The molecule has 1 N–H and O–H groups in total. The van der Waals surface area contributed by atoms with Gasteiger partial charge in [0.15, 0.2) is 11.5 Å². The summed E-state index contributed by atoms with van der Waals surface area (Å²) >= 11 is 0. The third kappa shape index (κ3) is 2.46. The van der Waals surface area contributed by atoms with Crippen molar-refractivity contribution in [2.45, 2.75) is 26.3 Å². The lowest BCUT2D eigenvalue weighted by atomic mass is 10.1. The predicted octanol–water partition coefficient (Wildman–Crippen LogP) is 2.76. The van der Waals surface area contributed by atoms with Gasteiger partial charge < -0.3 is 14.8 Å². The van der Waals surface area contributed by atoms with Gasteiger partial charge in [0.1, 0.15) is 13.2 Å². The Bertz CT molecular complexity index is 433. The molecule has 1 aliphatic carbocycles. The molecule has 3 unspecified atom stereocenters. The molecule has 0 amide bonds. The van der Waals surface area contributed by atoms with Gasteiger partial charge in [-0.25, -0.2) is 0 Å². The lowest BCUT2D eigenvalue weighted by molar-refractivity contribution is 0.171. The second kappa shape index (κ2) is 4.81. The van der Waals surface area contributed by atoms with E-state index in [1.807, 2.05) is 6.07 Å². The van der Waals surface area contributed by atoms with Crippen LogP contribution in [0.3, 0.4) is 0 Å². The maximum Gasteiger partial charge on any atom is 0.161 e. The number of hydrogen-bond donors (Lipinski definition) is 1. The van der Waals surface area contributed by atoms with E-state index in [0.29, 0.717) is 19.3 Å². The van der Waals surface area contributed by atoms with Gasteiger partial charge in [-0.2, -0.15) is 0 Å². The van der Waals surface area contributed by atoms with Gasteiger partial charge in [0.25, 0.3) is 0 Å². The summed E-state index contributed by atoms with van der Waals surface area (Å²) < 4.78 is 11.2. The Morgan fingerprint density at radius 2 is 2.00 bits per heavy atom. The standard InChI is InChI=1S/C15H21NO2/c1-10-7-13(10)9-16-11(2)12-3-4-14-15(8-12)18-6-5-17-14/h3-4,8,10-11,13,16H,5-7,9H2,1-2H3. The lowest BCUT2D eigenvalue weighted by Gasteiger charge is -2.21. The van der Waals surface area contributed by atoms with Crippen molar-refractivity contribution in [1.82, 2.24) is 5.32 Å². The number of fused-ring (bicyclic) bond motifs is 1. The molecule has 1 aromatic rings. The van der Waals surface area contributed by atoms with Crippen molar-refractivity contribution in [2.75, 3.05) is 19.8 Å². The molecule has 3 heteroatoms. The molecule has 1 aliphatic heterocycles. The Hall–Kier alpha value is -1.22. The number of nitrogens with one attached hydrogen (secondary N) is 1. The van der Waals surface area contributed by atoms with Crippen LogP contribution in [0.4, 0.5) is 0 Å². The van der Waals surface area contributed by atoms with E-state index >= 15 is 0 Å². The molecule has 3 nitrogen and oxygen atoms in total. The molecular formula is C15H21NO2.